The van der Waals surface area contributed by atoms with Crippen LogP contribution >= 0.6 is 50.5 Å². The fourth-order valence-electron chi connectivity index (χ4n) is 1.73. The van der Waals surface area contributed by atoms with Crippen LogP contribution in [-0.4, -0.2) is 30.4 Å². The molecule has 0 N–H and O–H groups in total. The molecule has 0 fully saturated rings. The van der Waals surface area contributed by atoms with Crippen molar-refractivity contribution in [1.29, 1.82) is 0 Å². The molecule has 0 atom stereocenters. The van der Waals surface area contributed by atoms with Crippen molar-refractivity contribution in [3.63, 3.8) is 0 Å². The Morgan fingerprint density at radius 3 is 2.65 bits per heavy atom. The highest BCUT2D eigenvalue weighted by Crippen LogP contribution is 2.23. The van der Waals surface area contributed by atoms with Crippen LogP contribution in [0.2, 0.25) is 9.36 Å². The van der Waals surface area contributed by atoms with E-state index in [1.54, 1.807) is 31.3 Å². The molecule has 1 aromatic heterocycles. The van der Waals surface area contributed by atoms with E-state index in [2.05, 4.69) is 15.9 Å². The predicted octanol–water partition coefficient (Wildman–Crippen LogP) is 4.63. The van der Waals surface area contributed by atoms with Crippen LogP contribution in [0, 0.1) is 0 Å². The summed E-state index contributed by atoms with van der Waals surface area (Å²) < 4.78 is 6.40. The molecule has 0 saturated carbocycles. The highest BCUT2D eigenvalue weighted by Gasteiger charge is 2.16. The summed E-state index contributed by atoms with van der Waals surface area (Å²) in [6.07, 6.45) is 0. The first-order valence-electron chi connectivity index (χ1n) is 6.47. The Kier molecular flexibility index (Phi) is 6.47. The third-order valence-electron chi connectivity index (χ3n) is 2.92. The van der Waals surface area contributed by atoms with E-state index in [4.69, 9.17) is 27.9 Å². The highest BCUT2D eigenvalue weighted by molar-refractivity contribution is 9.10. The molecule has 0 radical (unpaired) electrons. The standard InChI is InChI=1S/C15H12BrCl2NO3S/c1-19(7-10-3-5-13(18)23-10)14(20)8-22-15(21)11-6-9(16)2-4-12(11)17/h2-6H,7-8H2,1H3. The number of thiophene rings is 1. The number of hydrogen-bond acceptors (Lipinski definition) is 4. The topological polar surface area (TPSA) is 46.6 Å². The van der Waals surface area contributed by atoms with E-state index in [1.165, 1.54) is 16.2 Å². The van der Waals surface area contributed by atoms with Gasteiger partial charge in [0.05, 0.1) is 21.5 Å². The normalized spacial score (nSPS) is 10.4. The van der Waals surface area contributed by atoms with Gasteiger partial charge in [-0.2, -0.15) is 0 Å². The van der Waals surface area contributed by atoms with Crippen LogP contribution in [0.15, 0.2) is 34.8 Å². The second-order valence-corrected chi connectivity index (χ2v) is 7.78. The monoisotopic (exact) mass is 435 g/mol. The Morgan fingerprint density at radius 2 is 2.00 bits per heavy atom. The smallest absolute Gasteiger partial charge is 0.340 e. The van der Waals surface area contributed by atoms with Crippen molar-refractivity contribution in [2.75, 3.05) is 13.7 Å². The molecule has 0 bridgehead atoms. The first-order valence-corrected chi connectivity index (χ1v) is 8.83. The molecule has 122 valence electrons. The van der Waals surface area contributed by atoms with E-state index in [-0.39, 0.29) is 23.1 Å². The number of rotatable bonds is 5. The molecular formula is C15H12BrCl2NO3S. The molecule has 8 heteroatoms. The molecule has 0 aliphatic carbocycles. The molecule has 0 saturated heterocycles. The third-order valence-corrected chi connectivity index (χ3v) is 4.96. The molecule has 0 spiro atoms. The maximum absolute atomic E-state index is 12.0. The van der Waals surface area contributed by atoms with Gasteiger partial charge in [0, 0.05) is 16.4 Å². The Labute approximate surface area is 156 Å². The van der Waals surface area contributed by atoms with Gasteiger partial charge in [-0.15, -0.1) is 11.3 Å². The predicted molar refractivity (Wildman–Crippen MR) is 95.2 cm³/mol. The third kappa shape index (κ3) is 5.21. The Balaban J connectivity index is 1.90. The Bertz CT molecular complexity index is 735. The quantitative estimate of drug-likeness (QED) is 0.641. The summed E-state index contributed by atoms with van der Waals surface area (Å²) in [5.74, 6) is -0.953. The minimum Gasteiger partial charge on any atom is -0.452 e. The minimum absolute atomic E-state index is 0.210. The number of amides is 1. The minimum atomic E-state index is -0.641. The van der Waals surface area contributed by atoms with Crippen LogP contribution < -0.4 is 0 Å². The molecule has 1 aromatic carbocycles. The maximum atomic E-state index is 12.0. The van der Waals surface area contributed by atoms with Crippen molar-refractivity contribution in [3.8, 4) is 0 Å². The zero-order valence-corrected chi connectivity index (χ0v) is 15.9. The van der Waals surface area contributed by atoms with Crippen molar-refractivity contribution in [2.24, 2.45) is 0 Å². The number of hydrogen-bond donors (Lipinski definition) is 0. The molecule has 23 heavy (non-hydrogen) atoms. The lowest BCUT2D eigenvalue weighted by molar-refractivity contribution is -0.133. The maximum Gasteiger partial charge on any atom is 0.340 e. The van der Waals surface area contributed by atoms with Gasteiger partial charge in [0.2, 0.25) is 0 Å². The summed E-state index contributed by atoms with van der Waals surface area (Å²) in [4.78, 5) is 26.4. The van der Waals surface area contributed by atoms with Gasteiger partial charge >= 0.3 is 5.97 Å². The molecule has 0 unspecified atom stereocenters. The lowest BCUT2D eigenvalue weighted by Crippen LogP contribution is -2.30. The van der Waals surface area contributed by atoms with Gasteiger partial charge in [0.15, 0.2) is 6.61 Å². The van der Waals surface area contributed by atoms with Gasteiger partial charge in [-0.1, -0.05) is 39.1 Å². The number of likely N-dealkylation sites (N-methyl/N-ethyl adjacent to an activating group) is 1. The van der Waals surface area contributed by atoms with Crippen molar-refractivity contribution >= 4 is 62.3 Å². The largest absolute Gasteiger partial charge is 0.452 e. The fraction of sp³-hybridized carbons (Fsp3) is 0.200. The van der Waals surface area contributed by atoms with Crippen LogP contribution in [0.1, 0.15) is 15.2 Å². The summed E-state index contributed by atoms with van der Waals surface area (Å²) in [5.41, 5.74) is 0.210. The van der Waals surface area contributed by atoms with Gasteiger partial charge < -0.3 is 9.64 Å². The zero-order valence-electron chi connectivity index (χ0n) is 12.0. The molecule has 2 rings (SSSR count). The SMILES string of the molecule is CN(Cc1ccc(Cl)s1)C(=O)COC(=O)c1cc(Br)ccc1Cl. The van der Waals surface area contributed by atoms with Gasteiger partial charge in [-0.3, -0.25) is 4.79 Å². The number of benzene rings is 1. The first-order chi connectivity index (χ1) is 10.9. The second kappa shape index (κ2) is 8.15. The number of halogens is 3. The number of nitrogens with zero attached hydrogens (tertiary/aromatic N) is 1. The van der Waals surface area contributed by atoms with Gasteiger partial charge in [-0.05, 0) is 30.3 Å². The molecule has 0 aliphatic rings. The molecule has 1 amide bonds. The zero-order chi connectivity index (χ0) is 17.0. The molecule has 2 aromatic rings. The fourth-order valence-corrected chi connectivity index (χ4v) is 3.42. The lowest BCUT2D eigenvalue weighted by Gasteiger charge is -2.16. The number of esters is 1. The summed E-state index contributed by atoms with van der Waals surface area (Å²) in [6, 6.07) is 8.46. The van der Waals surface area contributed by atoms with E-state index < -0.39 is 5.97 Å². The first kappa shape index (κ1) is 18.3. The van der Waals surface area contributed by atoms with Gasteiger partial charge in [0.1, 0.15) is 0 Å². The van der Waals surface area contributed by atoms with Crippen LogP contribution in [0.3, 0.4) is 0 Å². The van der Waals surface area contributed by atoms with Gasteiger partial charge in [-0.25, -0.2) is 4.79 Å². The molecular weight excluding hydrogens is 425 g/mol. The van der Waals surface area contributed by atoms with E-state index in [0.29, 0.717) is 15.4 Å². The average Bonchev–Trinajstić information content (AvgIpc) is 2.91. The highest BCUT2D eigenvalue weighted by atomic mass is 79.9. The van der Waals surface area contributed by atoms with Gasteiger partial charge in [0.25, 0.3) is 5.91 Å². The van der Waals surface area contributed by atoms with Crippen LogP contribution in [-0.2, 0) is 16.1 Å². The average molecular weight is 437 g/mol. The van der Waals surface area contributed by atoms with E-state index in [0.717, 1.165) is 4.88 Å². The number of carbonyl (C=O) groups excluding carboxylic acids is 2. The lowest BCUT2D eigenvalue weighted by atomic mass is 10.2. The van der Waals surface area contributed by atoms with E-state index >= 15 is 0 Å². The van der Waals surface area contributed by atoms with Crippen LogP contribution in [0.4, 0.5) is 0 Å². The molecule has 1 heterocycles. The van der Waals surface area contributed by atoms with Crippen molar-refractivity contribution in [2.45, 2.75) is 6.54 Å². The molecule has 4 nitrogen and oxygen atoms in total. The Morgan fingerprint density at radius 1 is 1.26 bits per heavy atom. The summed E-state index contributed by atoms with van der Waals surface area (Å²) in [7, 11) is 1.63. The van der Waals surface area contributed by atoms with Crippen molar-refractivity contribution in [1.82, 2.24) is 4.90 Å². The number of carbonyl (C=O) groups is 2. The summed E-state index contributed by atoms with van der Waals surface area (Å²) in [5, 5.41) is 0.271. The summed E-state index contributed by atoms with van der Waals surface area (Å²) in [6.45, 7) is 0.0582. The number of ether oxygens (including phenoxy) is 1. The van der Waals surface area contributed by atoms with E-state index in [9.17, 15) is 9.59 Å². The summed E-state index contributed by atoms with van der Waals surface area (Å²) >= 11 is 16.5. The van der Waals surface area contributed by atoms with E-state index in [1.807, 2.05) is 6.07 Å². The second-order valence-electron chi connectivity index (χ2n) is 4.66. The van der Waals surface area contributed by atoms with Crippen molar-refractivity contribution < 1.29 is 14.3 Å². The van der Waals surface area contributed by atoms with Crippen molar-refractivity contribution in [3.05, 3.63) is 54.6 Å². The van der Waals surface area contributed by atoms with Crippen LogP contribution in [0.5, 0.6) is 0 Å². The molecule has 0 aliphatic heterocycles. The van der Waals surface area contributed by atoms with Crippen LogP contribution in [0.25, 0.3) is 0 Å². The Hall–Kier alpha value is -1.08.